The van der Waals surface area contributed by atoms with Gasteiger partial charge in [0.15, 0.2) is 4.77 Å². The number of thioether (sulfide) groups is 1. The molecule has 1 aromatic carbocycles. The van der Waals surface area contributed by atoms with Crippen LogP contribution in [0.1, 0.15) is 5.56 Å². The molecule has 3 rings (SSSR count). The first-order chi connectivity index (χ1) is 10.0. The summed E-state index contributed by atoms with van der Waals surface area (Å²) >= 11 is 6.59. The lowest BCUT2D eigenvalue weighted by Gasteiger charge is -2.20. The van der Waals surface area contributed by atoms with E-state index in [1.165, 1.54) is 12.1 Å². The SMILES string of the molecule is CN1c2[nH]c(=S)[nH]c(=O)c2NC1SCc1ccc(F)cc1. The highest BCUT2D eigenvalue weighted by Gasteiger charge is 2.28. The number of benzene rings is 1. The molecule has 0 fully saturated rings. The monoisotopic (exact) mass is 324 g/mol. The van der Waals surface area contributed by atoms with Crippen molar-refractivity contribution in [2.75, 3.05) is 17.3 Å². The molecule has 5 nitrogen and oxygen atoms in total. The molecule has 1 unspecified atom stereocenters. The van der Waals surface area contributed by atoms with Gasteiger partial charge in [-0.1, -0.05) is 12.1 Å². The maximum atomic E-state index is 12.9. The molecule has 0 radical (unpaired) electrons. The fourth-order valence-corrected chi connectivity index (χ4v) is 3.38. The van der Waals surface area contributed by atoms with Crippen molar-refractivity contribution in [3.8, 4) is 0 Å². The Labute approximate surface area is 129 Å². The van der Waals surface area contributed by atoms with Crippen molar-refractivity contribution in [2.24, 2.45) is 0 Å². The van der Waals surface area contributed by atoms with E-state index in [0.29, 0.717) is 22.0 Å². The average Bonchev–Trinajstić information content (AvgIpc) is 2.76. The summed E-state index contributed by atoms with van der Waals surface area (Å²) < 4.78 is 13.2. The molecule has 3 N–H and O–H groups in total. The molecule has 1 atom stereocenters. The summed E-state index contributed by atoms with van der Waals surface area (Å²) in [5, 5.41) is 3.15. The van der Waals surface area contributed by atoms with Crippen LogP contribution in [0.15, 0.2) is 29.1 Å². The number of nitrogens with zero attached hydrogens (tertiary/aromatic N) is 1. The molecule has 1 aliphatic rings. The van der Waals surface area contributed by atoms with Gasteiger partial charge in [0.25, 0.3) is 5.56 Å². The van der Waals surface area contributed by atoms with Crippen LogP contribution < -0.4 is 15.8 Å². The molecule has 0 amide bonds. The third-order valence-corrected chi connectivity index (χ3v) is 4.67. The van der Waals surface area contributed by atoms with E-state index in [-0.39, 0.29) is 16.9 Å². The van der Waals surface area contributed by atoms with Gasteiger partial charge in [0.05, 0.1) is 0 Å². The first-order valence-electron chi connectivity index (χ1n) is 6.26. The van der Waals surface area contributed by atoms with Crippen molar-refractivity contribution in [3.63, 3.8) is 0 Å². The van der Waals surface area contributed by atoms with Crippen molar-refractivity contribution in [3.05, 3.63) is 50.8 Å². The Morgan fingerprint density at radius 3 is 2.76 bits per heavy atom. The molecule has 110 valence electrons. The van der Waals surface area contributed by atoms with Gasteiger partial charge in [0.2, 0.25) is 0 Å². The summed E-state index contributed by atoms with van der Waals surface area (Å²) in [4.78, 5) is 19.3. The topological polar surface area (TPSA) is 63.9 Å². The van der Waals surface area contributed by atoms with Crippen LogP contribution in [-0.2, 0) is 5.75 Å². The lowest BCUT2D eigenvalue weighted by atomic mass is 10.2. The molecule has 0 spiro atoms. The average molecular weight is 324 g/mol. The Morgan fingerprint density at radius 2 is 2.05 bits per heavy atom. The second kappa shape index (κ2) is 5.53. The molecular weight excluding hydrogens is 311 g/mol. The number of fused-ring (bicyclic) bond motifs is 1. The fourth-order valence-electron chi connectivity index (χ4n) is 2.12. The van der Waals surface area contributed by atoms with Gasteiger partial charge in [-0.3, -0.25) is 9.78 Å². The second-order valence-electron chi connectivity index (χ2n) is 4.68. The number of nitrogens with one attached hydrogen (secondary N) is 3. The predicted octanol–water partition coefficient (Wildman–Crippen LogP) is 2.65. The standard InChI is InChI=1S/C13H13FN4OS2/c1-18-10-9(11(19)17-12(20)16-10)15-13(18)21-6-7-2-4-8(14)5-3-7/h2-5,13,15H,6H2,1H3,(H2,16,17,19,20). The first kappa shape index (κ1) is 14.2. The van der Waals surface area contributed by atoms with E-state index in [0.717, 1.165) is 5.56 Å². The number of H-pyrrole nitrogens is 2. The molecule has 2 aromatic rings. The number of aromatic nitrogens is 2. The van der Waals surface area contributed by atoms with Crippen molar-refractivity contribution < 1.29 is 4.39 Å². The van der Waals surface area contributed by atoms with Gasteiger partial charge >= 0.3 is 0 Å². The number of anilines is 2. The van der Waals surface area contributed by atoms with Crippen molar-refractivity contribution in [1.29, 1.82) is 0 Å². The minimum atomic E-state index is -0.244. The van der Waals surface area contributed by atoms with Crippen LogP contribution >= 0.6 is 24.0 Å². The van der Waals surface area contributed by atoms with E-state index < -0.39 is 0 Å². The van der Waals surface area contributed by atoms with Gasteiger partial charge in [0, 0.05) is 12.8 Å². The zero-order valence-electron chi connectivity index (χ0n) is 11.1. The van der Waals surface area contributed by atoms with Gasteiger partial charge in [0.1, 0.15) is 22.8 Å². The van der Waals surface area contributed by atoms with Crippen LogP contribution in [0.5, 0.6) is 0 Å². The molecule has 0 saturated heterocycles. The summed E-state index contributed by atoms with van der Waals surface area (Å²) in [7, 11) is 1.88. The second-order valence-corrected chi connectivity index (χ2v) is 6.15. The molecule has 8 heteroatoms. The highest BCUT2D eigenvalue weighted by atomic mass is 32.2. The van der Waals surface area contributed by atoms with Crippen molar-refractivity contribution in [1.82, 2.24) is 9.97 Å². The lowest BCUT2D eigenvalue weighted by Crippen LogP contribution is -2.29. The van der Waals surface area contributed by atoms with E-state index in [2.05, 4.69) is 15.3 Å². The van der Waals surface area contributed by atoms with E-state index >= 15 is 0 Å². The van der Waals surface area contributed by atoms with E-state index in [1.54, 1.807) is 23.9 Å². The summed E-state index contributed by atoms with van der Waals surface area (Å²) in [6, 6.07) is 6.40. The Balaban J connectivity index is 1.74. The summed E-state index contributed by atoms with van der Waals surface area (Å²) in [6.07, 6.45) is 0. The van der Waals surface area contributed by atoms with Gasteiger partial charge in [-0.15, -0.1) is 11.8 Å². The van der Waals surface area contributed by atoms with E-state index in [1.807, 2.05) is 11.9 Å². The summed E-state index contributed by atoms with van der Waals surface area (Å²) in [5.41, 5.74) is 1.20. The number of aromatic amines is 2. The van der Waals surface area contributed by atoms with Crippen LogP contribution in [-0.4, -0.2) is 22.5 Å². The molecule has 1 aromatic heterocycles. The van der Waals surface area contributed by atoms with Crippen molar-refractivity contribution >= 4 is 35.5 Å². The molecule has 21 heavy (non-hydrogen) atoms. The van der Waals surface area contributed by atoms with Gasteiger partial charge in [-0.2, -0.15) is 0 Å². The van der Waals surface area contributed by atoms with E-state index in [4.69, 9.17) is 12.2 Å². The fraction of sp³-hybridized carbons (Fsp3) is 0.231. The zero-order valence-corrected chi connectivity index (χ0v) is 12.8. The zero-order chi connectivity index (χ0) is 15.0. The number of rotatable bonds is 3. The molecule has 2 heterocycles. The smallest absolute Gasteiger partial charge is 0.277 e. The number of hydrogen-bond acceptors (Lipinski definition) is 5. The minimum Gasteiger partial charge on any atom is -0.349 e. The van der Waals surface area contributed by atoms with Crippen LogP contribution in [0, 0.1) is 10.6 Å². The van der Waals surface area contributed by atoms with Gasteiger partial charge < -0.3 is 15.2 Å². The third-order valence-electron chi connectivity index (χ3n) is 3.22. The van der Waals surface area contributed by atoms with Crippen molar-refractivity contribution in [2.45, 2.75) is 11.3 Å². The maximum Gasteiger partial charge on any atom is 0.277 e. The highest BCUT2D eigenvalue weighted by Crippen LogP contribution is 2.33. The Kier molecular flexibility index (Phi) is 3.73. The predicted molar refractivity (Wildman–Crippen MR) is 85.8 cm³/mol. The number of hydrogen-bond donors (Lipinski definition) is 3. The summed E-state index contributed by atoms with van der Waals surface area (Å²) in [6.45, 7) is 0. The molecule has 0 aliphatic carbocycles. The molecule has 0 bridgehead atoms. The van der Waals surface area contributed by atoms with Gasteiger partial charge in [-0.25, -0.2) is 4.39 Å². The Morgan fingerprint density at radius 1 is 1.33 bits per heavy atom. The minimum absolute atomic E-state index is 0.0841. The largest absolute Gasteiger partial charge is 0.349 e. The van der Waals surface area contributed by atoms with E-state index in [9.17, 15) is 9.18 Å². The normalized spacial score (nSPS) is 16.7. The van der Waals surface area contributed by atoms with Gasteiger partial charge in [-0.05, 0) is 29.9 Å². The Hall–Kier alpha value is -1.80. The Bertz CT molecular complexity index is 771. The molecular formula is C13H13FN4OS2. The van der Waals surface area contributed by atoms with Crippen LogP contribution in [0.3, 0.4) is 0 Å². The maximum absolute atomic E-state index is 12.9. The molecule has 0 saturated carbocycles. The lowest BCUT2D eigenvalue weighted by molar-refractivity contribution is 0.627. The quantitative estimate of drug-likeness (QED) is 0.758. The van der Waals surface area contributed by atoms with Crippen LogP contribution in [0.2, 0.25) is 0 Å². The highest BCUT2D eigenvalue weighted by molar-refractivity contribution is 7.99. The molecule has 1 aliphatic heterocycles. The van der Waals surface area contributed by atoms with Crippen LogP contribution in [0.4, 0.5) is 15.9 Å². The number of halogens is 1. The summed E-state index contributed by atoms with van der Waals surface area (Å²) in [5.74, 6) is 1.14. The van der Waals surface area contributed by atoms with Crippen LogP contribution in [0.25, 0.3) is 0 Å². The third kappa shape index (κ3) is 2.81. The first-order valence-corrected chi connectivity index (χ1v) is 7.72.